The molecule has 0 amide bonds. The third-order valence-corrected chi connectivity index (χ3v) is 5.09. The number of aryl methyl sites for hydroxylation is 1. The van der Waals surface area contributed by atoms with Crippen molar-refractivity contribution in [2.24, 2.45) is 0 Å². The van der Waals surface area contributed by atoms with Gasteiger partial charge in [-0.15, -0.1) is 0 Å². The molecule has 2 rings (SSSR count). The molecule has 112 valence electrons. The highest BCUT2D eigenvalue weighted by Crippen LogP contribution is 2.22. The van der Waals surface area contributed by atoms with Crippen LogP contribution in [-0.2, 0) is 22.4 Å². The number of anilines is 1. The van der Waals surface area contributed by atoms with Gasteiger partial charge in [0.05, 0.1) is 12.4 Å². The fourth-order valence-corrected chi connectivity index (χ4v) is 3.46. The summed E-state index contributed by atoms with van der Waals surface area (Å²) < 4.78 is 27.8. The minimum absolute atomic E-state index is 0.105. The van der Waals surface area contributed by atoms with Crippen molar-refractivity contribution in [1.82, 2.24) is 0 Å². The zero-order chi connectivity index (χ0) is 15.5. The molecule has 2 N–H and O–H groups in total. The summed E-state index contributed by atoms with van der Waals surface area (Å²) in [7, 11) is -3.49. The molecule has 2 aromatic carbocycles. The van der Waals surface area contributed by atoms with Crippen LogP contribution in [0.2, 0.25) is 0 Å². The first-order valence-corrected chi connectivity index (χ1v) is 8.79. The van der Waals surface area contributed by atoms with E-state index in [1.807, 2.05) is 13.0 Å². The smallest absolute Gasteiger partial charge is 0.236 e. The van der Waals surface area contributed by atoms with Gasteiger partial charge < -0.3 is 5.11 Å². The summed E-state index contributed by atoms with van der Waals surface area (Å²) in [5.41, 5.74) is 2.89. The summed E-state index contributed by atoms with van der Waals surface area (Å²) >= 11 is 3.38. The maximum atomic E-state index is 12.2. The Hall–Kier alpha value is -1.37. The second-order valence-corrected chi connectivity index (χ2v) is 7.38. The minimum atomic E-state index is -3.49. The fourth-order valence-electron chi connectivity index (χ4n) is 1.91. The molecule has 0 aliphatic heterocycles. The van der Waals surface area contributed by atoms with E-state index in [2.05, 4.69) is 20.7 Å². The van der Waals surface area contributed by atoms with Gasteiger partial charge in [0.25, 0.3) is 0 Å². The lowest BCUT2D eigenvalue weighted by atomic mass is 10.1. The predicted octanol–water partition coefficient (Wildman–Crippen LogP) is 3.19. The number of sulfonamides is 1. The highest BCUT2D eigenvalue weighted by Gasteiger charge is 2.12. The molecule has 0 unspecified atom stereocenters. The largest absolute Gasteiger partial charge is 0.392 e. The number of nitrogens with one attached hydrogen (secondary N) is 1. The zero-order valence-corrected chi connectivity index (χ0v) is 13.9. The van der Waals surface area contributed by atoms with Crippen molar-refractivity contribution < 1.29 is 13.5 Å². The zero-order valence-electron chi connectivity index (χ0n) is 11.5. The van der Waals surface area contributed by atoms with E-state index in [1.165, 1.54) is 0 Å². The molecule has 21 heavy (non-hydrogen) atoms. The molecule has 6 heteroatoms. The summed E-state index contributed by atoms with van der Waals surface area (Å²) in [6.07, 6.45) is 0. The number of hydrogen-bond donors (Lipinski definition) is 2. The molecule has 0 spiro atoms. The van der Waals surface area contributed by atoms with E-state index in [0.29, 0.717) is 16.8 Å². The van der Waals surface area contributed by atoms with Gasteiger partial charge in [-0.3, -0.25) is 4.72 Å². The topological polar surface area (TPSA) is 66.4 Å². The number of benzene rings is 2. The van der Waals surface area contributed by atoms with E-state index in [-0.39, 0.29) is 12.4 Å². The predicted molar refractivity (Wildman–Crippen MR) is 87.5 cm³/mol. The lowest BCUT2D eigenvalue weighted by Crippen LogP contribution is -2.15. The lowest BCUT2D eigenvalue weighted by Gasteiger charge is -2.10. The van der Waals surface area contributed by atoms with Crippen molar-refractivity contribution >= 4 is 31.6 Å². The Kier molecular flexibility index (Phi) is 5.03. The van der Waals surface area contributed by atoms with Crippen molar-refractivity contribution in [1.29, 1.82) is 0 Å². The quantitative estimate of drug-likeness (QED) is 0.850. The number of aliphatic hydroxyl groups is 1. The number of rotatable bonds is 5. The van der Waals surface area contributed by atoms with Gasteiger partial charge in [-0.25, -0.2) is 8.42 Å². The summed E-state index contributed by atoms with van der Waals surface area (Å²) in [4.78, 5) is 0. The van der Waals surface area contributed by atoms with Gasteiger partial charge in [0.2, 0.25) is 10.0 Å². The summed E-state index contributed by atoms with van der Waals surface area (Å²) in [5, 5.41) is 9.08. The molecule has 0 saturated carbocycles. The van der Waals surface area contributed by atoms with Gasteiger partial charge in [-0.1, -0.05) is 46.3 Å². The van der Waals surface area contributed by atoms with Gasteiger partial charge in [0, 0.05) is 10.2 Å². The van der Waals surface area contributed by atoms with Crippen LogP contribution in [0, 0.1) is 6.92 Å². The Balaban J connectivity index is 2.16. The first-order valence-electron chi connectivity index (χ1n) is 6.35. The van der Waals surface area contributed by atoms with Crippen molar-refractivity contribution in [2.75, 3.05) is 4.72 Å². The van der Waals surface area contributed by atoms with Crippen LogP contribution in [0.25, 0.3) is 0 Å². The number of hydrogen-bond acceptors (Lipinski definition) is 3. The highest BCUT2D eigenvalue weighted by molar-refractivity contribution is 9.10. The molecular formula is C15H16BrNO3S. The Morgan fingerprint density at radius 1 is 1.14 bits per heavy atom. The minimum Gasteiger partial charge on any atom is -0.392 e. The van der Waals surface area contributed by atoms with Gasteiger partial charge in [-0.05, 0) is 35.7 Å². The third-order valence-electron chi connectivity index (χ3n) is 2.98. The molecule has 0 bridgehead atoms. The molecule has 0 heterocycles. The molecule has 0 saturated heterocycles. The van der Waals surface area contributed by atoms with Crippen LogP contribution in [0.3, 0.4) is 0 Å². The Labute approximate surface area is 133 Å². The van der Waals surface area contributed by atoms with Crippen LogP contribution in [0.5, 0.6) is 0 Å². The summed E-state index contributed by atoms with van der Waals surface area (Å²) in [6.45, 7) is 1.83. The third kappa shape index (κ3) is 4.56. The van der Waals surface area contributed by atoms with E-state index in [1.54, 1.807) is 36.4 Å². The van der Waals surface area contributed by atoms with E-state index in [4.69, 9.17) is 5.11 Å². The molecule has 0 aromatic heterocycles. The summed E-state index contributed by atoms with van der Waals surface area (Å²) in [6, 6.07) is 12.2. The molecule has 0 aliphatic rings. The fraction of sp³-hybridized carbons (Fsp3) is 0.200. The van der Waals surface area contributed by atoms with E-state index < -0.39 is 10.0 Å². The number of halogens is 1. The first-order chi connectivity index (χ1) is 9.89. The molecular weight excluding hydrogens is 354 g/mol. The maximum absolute atomic E-state index is 12.2. The van der Waals surface area contributed by atoms with Crippen molar-refractivity contribution in [3.8, 4) is 0 Å². The van der Waals surface area contributed by atoms with E-state index >= 15 is 0 Å². The van der Waals surface area contributed by atoms with Gasteiger partial charge in [0.1, 0.15) is 0 Å². The van der Waals surface area contributed by atoms with E-state index in [9.17, 15) is 8.42 Å². The van der Waals surface area contributed by atoms with Crippen LogP contribution in [0.1, 0.15) is 16.7 Å². The van der Waals surface area contributed by atoms with E-state index in [0.717, 1.165) is 10.0 Å². The van der Waals surface area contributed by atoms with Crippen LogP contribution in [0.15, 0.2) is 46.9 Å². The Morgan fingerprint density at radius 3 is 2.52 bits per heavy atom. The van der Waals surface area contributed by atoms with Crippen molar-refractivity contribution in [3.63, 3.8) is 0 Å². The van der Waals surface area contributed by atoms with Gasteiger partial charge in [-0.2, -0.15) is 0 Å². The molecule has 0 radical (unpaired) electrons. The van der Waals surface area contributed by atoms with Crippen LogP contribution in [0.4, 0.5) is 5.69 Å². The summed E-state index contributed by atoms with van der Waals surface area (Å²) in [5.74, 6) is -0.133. The Morgan fingerprint density at radius 2 is 1.86 bits per heavy atom. The molecule has 2 aromatic rings. The first kappa shape index (κ1) is 16.0. The van der Waals surface area contributed by atoms with Crippen LogP contribution in [-0.4, -0.2) is 13.5 Å². The highest BCUT2D eigenvalue weighted by atomic mass is 79.9. The maximum Gasteiger partial charge on any atom is 0.236 e. The molecule has 4 nitrogen and oxygen atoms in total. The van der Waals surface area contributed by atoms with Crippen molar-refractivity contribution in [3.05, 3.63) is 63.6 Å². The second-order valence-electron chi connectivity index (χ2n) is 4.80. The standard InChI is InChI=1S/C15H16BrNO3S/c1-11-5-6-14(8-15(11)16)17-21(19,20)10-13-4-2-3-12(7-13)9-18/h2-8,17-18H,9-10H2,1H3. The van der Waals surface area contributed by atoms with Gasteiger partial charge >= 0.3 is 0 Å². The SMILES string of the molecule is Cc1ccc(NS(=O)(=O)Cc2cccc(CO)c2)cc1Br. The average Bonchev–Trinajstić information content (AvgIpc) is 2.42. The second kappa shape index (κ2) is 6.60. The Bertz CT molecular complexity index is 744. The molecule has 0 atom stereocenters. The monoisotopic (exact) mass is 369 g/mol. The van der Waals surface area contributed by atoms with Crippen LogP contribution < -0.4 is 4.72 Å². The lowest BCUT2D eigenvalue weighted by molar-refractivity contribution is 0.282. The van der Waals surface area contributed by atoms with Crippen LogP contribution >= 0.6 is 15.9 Å². The molecule has 0 aliphatic carbocycles. The number of aliphatic hydroxyl groups excluding tert-OH is 1. The average molecular weight is 370 g/mol. The van der Waals surface area contributed by atoms with Crippen molar-refractivity contribution in [2.45, 2.75) is 19.3 Å². The van der Waals surface area contributed by atoms with Gasteiger partial charge in [0.15, 0.2) is 0 Å². The molecule has 0 fully saturated rings. The normalized spacial score (nSPS) is 11.4.